The molecule has 1 aromatic carbocycles. The number of amides is 4. The molecule has 3 aliphatic rings. The maximum atomic E-state index is 14.1. The fraction of sp³-hybridized carbons (Fsp3) is 0.625. The number of fused-ring (bicyclic) bond motifs is 4. The van der Waals surface area contributed by atoms with Crippen LogP contribution in [-0.4, -0.2) is 78.4 Å². The minimum Gasteiger partial charge on any atom is -0.364 e. The third-order valence-electron chi connectivity index (χ3n) is 6.82. The number of nitrogens with zero attached hydrogens (tertiary/aromatic N) is 4. The highest BCUT2D eigenvalue weighted by Gasteiger charge is 2.65. The quantitative estimate of drug-likeness (QED) is 0.646. The second kappa shape index (κ2) is 8.34. The Morgan fingerprint density at radius 2 is 1.59 bits per heavy atom. The van der Waals surface area contributed by atoms with Gasteiger partial charge in [0.25, 0.3) is 0 Å². The lowest BCUT2D eigenvalue weighted by molar-refractivity contribution is -0.162. The molecule has 1 aromatic rings. The van der Waals surface area contributed by atoms with Crippen LogP contribution < -0.4 is 4.90 Å². The van der Waals surface area contributed by atoms with Crippen molar-refractivity contribution in [2.45, 2.75) is 40.2 Å². The lowest BCUT2D eigenvalue weighted by atomic mass is 9.67. The topological polar surface area (TPSA) is 64.2 Å². The van der Waals surface area contributed by atoms with Crippen LogP contribution in [0.25, 0.3) is 0 Å². The van der Waals surface area contributed by atoms with Gasteiger partial charge in [0.1, 0.15) is 0 Å². The van der Waals surface area contributed by atoms with Crippen LogP contribution in [0, 0.1) is 17.3 Å². The first-order valence-electron chi connectivity index (χ1n) is 11.5. The molecule has 2 saturated heterocycles. The van der Waals surface area contributed by atoms with Crippen LogP contribution in [0.4, 0.5) is 10.5 Å². The minimum absolute atomic E-state index is 0.0960. The molecule has 2 fully saturated rings. The molecule has 0 aliphatic carbocycles. The summed E-state index contributed by atoms with van der Waals surface area (Å²) in [5, 5.41) is 0.558. The van der Waals surface area contributed by atoms with Crippen molar-refractivity contribution in [3.63, 3.8) is 0 Å². The van der Waals surface area contributed by atoms with Crippen molar-refractivity contribution >= 4 is 35.1 Å². The van der Waals surface area contributed by atoms with Crippen molar-refractivity contribution < 1.29 is 14.4 Å². The van der Waals surface area contributed by atoms with E-state index in [4.69, 9.17) is 11.6 Å². The summed E-state index contributed by atoms with van der Waals surface area (Å²) in [6.07, 6.45) is 0.213. The van der Waals surface area contributed by atoms with E-state index in [1.165, 1.54) is 9.80 Å². The Bertz CT molecular complexity index is 915. The van der Waals surface area contributed by atoms with E-state index in [0.717, 1.165) is 17.8 Å². The smallest absolute Gasteiger partial charge is 0.333 e. The van der Waals surface area contributed by atoms with Gasteiger partial charge in [-0.2, -0.15) is 0 Å². The molecule has 32 heavy (non-hydrogen) atoms. The van der Waals surface area contributed by atoms with Crippen molar-refractivity contribution in [1.29, 1.82) is 0 Å². The maximum Gasteiger partial charge on any atom is 0.333 e. The summed E-state index contributed by atoms with van der Waals surface area (Å²) in [5.74, 6) is -0.563. The van der Waals surface area contributed by atoms with E-state index < -0.39 is 11.4 Å². The average Bonchev–Trinajstić information content (AvgIpc) is 2.73. The number of anilines is 1. The second-order valence-corrected chi connectivity index (χ2v) is 10.7. The van der Waals surface area contributed by atoms with E-state index in [1.807, 2.05) is 52.9 Å². The Labute approximate surface area is 195 Å². The van der Waals surface area contributed by atoms with Crippen LogP contribution in [0.5, 0.6) is 0 Å². The van der Waals surface area contributed by atoms with Crippen LogP contribution in [0.2, 0.25) is 5.02 Å². The Morgan fingerprint density at radius 1 is 1.00 bits per heavy atom. The molecule has 3 heterocycles. The molecule has 0 aromatic heterocycles. The lowest BCUT2D eigenvalue weighted by Gasteiger charge is -2.56. The van der Waals surface area contributed by atoms with Crippen molar-refractivity contribution in [2.75, 3.05) is 44.7 Å². The van der Waals surface area contributed by atoms with Gasteiger partial charge >= 0.3 is 6.03 Å². The molecule has 0 saturated carbocycles. The first kappa shape index (κ1) is 23.1. The van der Waals surface area contributed by atoms with E-state index >= 15 is 0 Å². The summed E-state index contributed by atoms with van der Waals surface area (Å²) in [7, 11) is 2.01. The Morgan fingerprint density at radius 3 is 2.16 bits per heavy atom. The molecular weight excluding hydrogens is 428 g/mol. The number of likely N-dealkylation sites (N-methyl/N-ethyl adjacent to an activating group) is 1. The molecule has 0 unspecified atom stereocenters. The van der Waals surface area contributed by atoms with E-state index in [0.29, 0.717) is 31.2 Å². The third kappa shape index (κ3) is 3.50. The molecule has 7 nitrogen and oxygen atoms in total. The van der Waals surface area contributed by atoms with Gasteiger partial charge in [0.05, 0.1) is 6.04 Å². The lowest BCUT2D eigenvalue weighted by Crippen LogP contribution is -2.75. The average molecular weight is 461 g/mol. The predicted octanol–water partition coefficient (Wildman–Crippen LogP) is 3.11. The van der Waals surface area contributed by atoms with Crippen LogP contribution in [0.15, 0.2) is 18.2 Å². The standard InChI is InChI=1S/C24H33ClN4O3/c1-15(2)12-28-21(30)24(22(31)29(23(28)32)13-16(3)4)11-17-18(25)7-6-8-19(17)27-10-9-26(5)14-20(24)27/h6-8,15-16,20H,9-14H2,1-5H3/t20-/m0/s1. The van der Waals surface area contributed by atoms with Crippen LogP contribution in [-0.2, 0) is 16.0 Å². The van der Waals surface area contributed by atoms with Crippen molar-refractivity contribution in [3.05, 3.63) is 28.8 Å². The normalized spacial score (nSPS) is 23.4. The molecule has 0 N–H and O–H groups in total. The number of carbonyl (C=O) groups excluding carboxylic acids is 3. The Hall–Kier alpha value is -2.12. The Kier molecular flexibility index (Phi) is 6.01. The van der Waals surface area contributed by atoms with E-state index in [9.17, 15) is 14.4 Å². The van der Waals surface area contributed by atoms with Gasteiger partial charge in [-0.15, -0.1) is 0 Å². The van der Waals surface area contributed by atoms with Gasteiger partial charge in [-0.05, 0) is 36.6 Å². The first-order valence-corrected chi connectivity index (χ1v) is 11.9. The van der Waals surface area contributed by atoms with Crippen LogP contribution in [0.1, 0.15) is 33.3 Å². The molecule has 4 amide bonds. The highest BCUT2D eigenvalue weighted by molar-refractivity contribution is 6.32. The van der Waals surface area contributed by atoms with Gasteiger partial charge in [0.15, 0.2) is 5.41 Å². The molecule has 1 atom stereocenters. The fourth-order valence-electron chi connectivity index (χ4n) is 5.40. The number of imide groups is 2. The molecule has 1 spiro atoms. The highest BCUT2D eigenvalue weighted by atomic mass is 35.5. The Balaban J connectivity index is 1.91. The number of urea groups is 1. The summed E-state index contributed by atoms with van der Waals surface area (Å²) >= 11 is 6.62. The zero-order valence-electron chi connectivity index (χ0n) is 19.6. The monoisotopic (exact) mass is 460 g/mol. The fourth-order valence-corrected chi connectivity index (χ4v) is 5.64. The van der Waals surface area contributed by atoms with Gasteiger partial charge in [-0.3, -0.25) is 19.4 Å². The summed E-state index contributed by atoms with van der Waals surface area (Å²) < 4.78 is 0. The second-order valence-electron chi connectivity index (χ2n) is 10.3. The number of halogens is 1. The number of carbonyl (C=O) groups is 3. The van der Waals surface area contributed by atoms with Gasteiger partial charge in [-0.25, -0.2) is 4.79 Å². The number of rotatable bonds is 4. The van der Waals surface area contributed by atoms with Gasteiger partial charge in [0, 0.05) is 49.9 Å². The molecule has 4 rings (SSSR count). The number of hydrogen-bond acceptors (Lipinski definition) is 5. The molecule has 3 aliphatic heterocycles. The first-order chi connectivity index (χ1) is 15.1. The zero-order chi connectivity index (χ0) is 23.4. The number of piperazine rings is 1. The molecule has 174 valence electrons. The van der Waals surface area contributed by atoms with E-state index in [-0.39, 0.29) is 36.1 Å². The molecule has 0 bridgehead atoms. The van der Waals surface area contributed by atoms with Crippen molar-refractivity contribution in [2.24, 2.45) is 17.3 Å². The van der Waals surface area contributed by atoms with E-state index in [2.05, 4.69) is 9.80 Å². The third-order valence-corrected chi connectivity index (χ3v) is 7.18. The number of hydrogen-bond donors (Lipinski definition) is 0. The molecular formula is C24H33ClN4O3. The molecule has 8 heteroatoms. The summed E-state index contributed by atoms with van der Waals surface area (Å²) in [6.45, 7) is 10.6. The van der Waals surface area contributed by atoms with Crippen molar-refractivity contribution in [3.8, 4) is 0 Å². The van der Waals surface area contributed by atoms with Gasteiger partial charge < -0.3 is 9.80 Å². The van der Waals surface area contributed by atoms with Crippen molar-refractivity contribution in [1.82, 2.24) is 14.7 Å². The highest BCUT2D eigenvalue weighted by Crippen LogP contribution is 2.48. The summed E-state index contributed by atoms with van der Waals surface area (Å²) in [5.41, 5.74) is 0.439. The number of barbiturate groups is 1. The summed E-state index contributed by atoms with van der Waals surface area (Å²) in [6, 6.07) is 4.90. The van der Waals surface area contributed by atoms with Crippen LogP contribution >= 0.6 is 11.6 Å². The minimum atomic E-state index is -1.37. The number of benzene rings is 1. The predicted molar refractivity (Wildman–Crippen MR) is 125 cm³/mol. The maximum absolute atomic E-state index is 14.1. The van der Waals surface area contributed by atoms with E-state index in [1.54, 1.807) is 0 Å². The largest absolute Gasteiger partial charge is 0.364 e. The summed E-state index contributed by atoms with van der Waals surface area (Å²) in [4.78, 5) is 48.6. The van der Waals surface area contributed by atoms with Gasteiger partial charge in [-0.1, -0.05) is 45.4 Å². The zero-order valence-corrected chi connectivity index (χ0v) is 20.4. The van der Waals surface area contributed by atoms with Gasteiger partial charge in [0.2, 0.25) is 11.8 Å². The molecule has 0 radical (unpaired) electrons. The SMILES string of the molecule is CC(C)CN1C(=O)N(CC(C)C)C(=O)C2(Cc3c(Cl)cccc3N3CCN(C)C[C@H]32)C1=O. The van der Waals surface area contributed by atoms with Crippen LogP contribution in [0.3, 0.4) is 0 Å².